The third-order valence-corrected chi connectivity index (χ3v) is 4.29. The van der Waals surface area contributed by atoms with E-state index < -0.39 is 6.04 Å². The number of nitrogens with one attached hydrogen (secondary N) is 2. The Bertz CT molecular complexity index is 627. The van der Waals surface area contributed by atoms with Crippen LogP contribution in [-0.4, -0.2) is 29.4 Å². The van der Waals surface area contributed by atoms with Gasteiger partial charge in [-0.1, -0.05) is 26.0 Å². The molecule has 0 unspecified atom stereocenters. The van der Waals surface area contributed by atoms with Gasteiger partial charge in [0, 0.05) is 18.9 Å². The third-order valence-electron chi connectivity index (χ3n) is 3.42. The molecule has 2 N–H and O–H groups in total. The molecule has 5 nitrogen and oxygen atoms in total. The van der Waals surface area contributed by atoms with Crippen molar-refractivity contribution in [2.24, 2.45) is 5.92 Å². The summed E-state index contributed by atoms with van der Waals surface area (Å²) < 4.78 is 0. The van der Waals surface area contributed by atoms with Gasteiger partial charge in [-0.15, -0.1) is 11.3 Å². The van der Waals surface area contributed by atoms with Crippen LogP contribution in [0.15, 0.2) is 42.0 Å². The number of hydrogen-bond donors (Lipinski definition) is 2. The molecule has 1 atom stereocenters. The molecule has 23 heavy (non-hydrogen) atoms. The van der Waals surface area contributed by atoms with Gasteiger partial charge in [0.1, 0.15) is 6.04 Å². The SMILES string of the molecule is CC(C)[C@H](NC(=O)c1cccs1)C(=O)NCCc1cccnc1. The molecule has 2 heterocycles. The lowest BCUT2D eigenvalue weighted by Crippen LogP contribution is -2.49. The number of hydrogen-bond acceptors (Lipinski definition) is 4. The van der Waals surface area contributed by atoms with E-state index in [4.69, 9.17) is 0 Å². The van der Waals surface area contributed by atoms with E-state index in [-0.39, 0.29) is 17.7 Å². The highest BCUT2D eigenvalue weighted by molar-refractivity contribution is 7.12. The van der Waals surface area contributed by atoms with E-state index in [0.29, 0.717) is 17.8 Å². The van der Waals surface area contributed by atoms with Crippen LogP contribution in [0.25, 0.3) is 0 Å². The Morgan fingerprint density at radius 2 is 2.09 bits per heavy atom. The standard InChI is InChI=1S/C17H21N3O2S/c1-12(2)15(20-16(21)14-6-4-10-23-14)17(22)19-9-7-13-5-3-8-18-11-13/h3-6,8,10-12,15H,7,9H2,1-2H3,(H,19,22)(H,20,21)/t15-/m0/s1. The Morgan fingerprint density at radius 3 is 2.70 bits per heavy atom. The minimum atomic E-state index is -0.543. The van der Waals surface area contributed by atoms with E-state index in [1.807, 2.05) is 37.4 Å². The summed E-state index contributed by atoms with van der Waals surface area (Å²) in [6.07, 6.45) is 4.21. The molecule has 0 radical (unpaired) electrons. The maximum absolute atomic E-state index is 12.3. The van der Waals surface area contributed by atoms with E-state index in [0.717, 1.165) is 5.56 Å². The van der Waals surface area contributed by atoms with E-state index >= 15 is 0 Å². The van der Waals surface area contributed by atoms with Crippen molar-refractivity contribution in [3.63, 3.8) is 0 Å². The normalized spacial score (nSPS) is 12.0. The number of aromatic nitrogens is 1. The molecular weight excluding hydrogens is 310 g/mol. The van der Waals surface area contributed by atoms with Crippen LogP contribution in [0.2, 0.25) is 0 Å². The van der Waals surface area contributed by atoms with Gasteiger partial charge < -0.3 is 10.6 Å². The zero-order valence-electron chi connectivity index (χ0n) is 13.3. The molecule has 0 aliphatic carbocycles. The second kappa shape index (κ2) is 8.43. The number of amides is 2. The fraction of sp³-hybridized carbons (Fsp3) is 0.353. The first kappa shape index (κ1) is 17.1. The monoisotopic (exact) mass is 331 g/mol. The molecule has 2 aromatic heterocycles. The molecular formula is C17H21N3O2S. The summed E-state index contributed by atoms with van der Waals surface area (Å²) in [7, 11) is 0. The van der Waals surface area contributed by atoms with Gasteiger partial charge >= 0.3 is 0 Å². The number of carbonyl (C=O) groups excluding carboxylic acids is 2. The molecule has 0 fully saturated rings. The molecule has 0 aliphatic heterocycles. The molecule has 0 aromatic carbocycles. The summed E-state index contributed by atoms with van der Waals surface area (Å²) in [6, 6.07) is 6.86. The van der Waals surface area contributed by atoms with E-state index in [1.54, 1.807) is 18.5 Å². The van der Waals surface area contributed by atoms with Crippen LogP contribution in [0.5, 0.6) is 0 Å². The zero-order valence-corrected chi connectivity index (χ0v) is 14.1. The first-order chi connectivity index (χ1) is 11.1. The summed E-state index contributed by atoms with van der Waals surface area (Å²) in [5.41, 5.74) is 1.07. The van der Waals surface area contributed by atoms with Crippen LogP contribution in [0.4, 0.5) is 0 Å². The quantitative estimate of drug-likeness (QED) is 0.817. The molecule has 6 heteroatoms. The van der Waals surface area contributed by atoms with Gasteiger partial charge in [-0.3, -0.25) is 14.6 Å². The molecule has 122 valence electrons. The zero-order chi connectivity index (χ0) is 16.7. The predicted molar refractivity (Wildman–Crippen MR) is 91.4 cm³/mol. The van der Waals surface area contributed by atoms with Gasteiger partial charge in [0.05, 0.1) is 4.88 Å². The van der Waals surface area contributed by atoms with Crippen molar-refractivity contribution in [3.8, 4) is 0 Å². The van der Waals surface area contributed by atoms with Crippen molar-refractivity contribution in [3.05, 3.63) is 52.5 Å². The summed E-state index contributed by atoms with van der Waals surface area (Å²) >= 11 is 1.36. The highest BCUT2D eigenvalue weighted by Crippen LogP contribution is 2.10. The molecule has 0 spiro atoms. The van der Waals surface area contributed by atoms with Gasteiger partial charge in [-0.2, -0.15) is 0 Å². The van der Waals surface area contributed by atoms with Crippen LogP contribution in [0, 0.1) is 5.92 Å². The first-order valence-electron chi connectivity index (χ1n) is 7.59. The van der Waals surface area contributed by atoms with Crippen LogP contribution < -0.4 is 10.6 Å². The van der Waals surface area contributed by atoms with Crippen LogP contribution in [0.3, 0.4) is 0 Å². The number of carbonyl (C=O) groups is 2. The maximum atomic E-state index is 12.3. The summed E-state index contributed by atoms with van der Waals surface area (Å²) in [4.78, 5) is 29.1. The lowest BCUT2D eigenvalue weighted by Gasteiger charge is -2.21. The fourth-order valence-corrected chi connectivity index (χ4v) is 2.77. The van der Waals surface area contributed by atoms with Gasteiger partial charge in [0.15, 0.2) is 0 Å². The van der Waals surface area contributed by atoms with Crippen molar-refractivity contribution in [1.29, 1.82) is 0 Å². The molecule has 0 aliphatic rings. The van der Waals surface area contributed by atoms with E-state index in [9.17, 15) is 9.59 Å². The van der Waals surface area contributed by atoms with Gasteiger partial charge in [-0.05, 0) is 35.4 Å². The van der Waals surface area contributed by atoms with Gasteiger partial charge in [0.25, 0.3) is 5.91 Å². The van der Waals surface area contributed by atoms with Gasteiger partial charge in [-0.25, -0.2) is 0 Å². The van der Waals surface area contributed by atoms with Crippen molar-refractivity contribution < 1.29 is 9.59 Å². The molecule has 0 bridgehead atoms. The van der Waals surface area contributed by atoms with Crippen molar-refractivity contribution >= 4 is 23.2 Å². The van der Waals surface area contributed by atoms with Crippen molar-refractivity contribution in [2.75, 3.05) is 6.54 Å². The second-order valence-electron chi connectivity index (χ2n) is 5.57. The average molecular weight is 331 g/mol. The molecule has 0 saturated heterocycles. The number of rotatable bonds is 7. The molecule has 0 saturated carbocycles. The maximum Gasteiger partial charge on any atom is 0.262 e. The van der Waals surface area contributed by atoms with Crippen LogP contribution in [0.1, 0.15) is 29.1 Å². The number of thiophene rings is 1. The molecule has 2 amide bonds. The molecule has 2 rings (SSSR count). The largest absolute Gasteiger partial charge is 0.354 e. The highest BCUT2D eigenvalue weighted by Gasteiger charge is 2.24. The van der Waals surface area contributed by atoms with Crippen LogP contribution >= 0.6 is 11.3 Å². The fourth-order valence-electron chi connectivity index (χ4n) is 2.14. The summed E-state index contributed by atoms with van der Waals surface area (Å²) in [6.45, 7) is 4.35. The lowest BCUT2D eigenvalue weighted by atomic mass is 10.0. The number of pyridine rings is 1. The Hall–Kier alpha value is -2.21. The Kier molecular flexibility index (Phi) is 6.29. The Morgan fingerprint density at radius 1 is 1.26 bits per heavy atom. The van der Waals surface area contributed by atoms with E-state index in [1.165, 1.54) is 11.3 Å². The minimum absolute atomic E-state index is 0.0114. The van der Waals surface area contributed by atoms with Crippen molar-refractivity contribution in [1.82, 2.24) is 15.6 Å². The first-order valence-corrected chi connectivity index (χ1v) is 8.47. The topological polar surface area (TPSA) is 71.1 Å². The molecule has 2 aromatic rings. The van der Waals surface area contributed by atoms with E-state index in [2.05, 4.69) is 15.6 Å². The summed E-state index contributed by atoms with van der Waals surface area (Å²) in [5, 5.41) is 7.54. The van der Waals surface area contributed by atoms with Gasteiger partial charge in [0.2, 0.25) is 5.91 Å². The number of nitrogens with zero attached hydrogens (tertiary/aromatic N) is 1. The Labute approximate surface area is 140 Å². The van der Waals surface area contributed by atoms with Crippen molar-refractivity contribution in [2.45, 2.75) is 26.3 Å². The lowest BCUT2D eigenvalue weighted by molar-refractivity contribution is -0.123. The highest BCUT2D eigenvalue weighted by atomic mass is 32.1. The van der Waals surface area contributed by atoms with Crippen LogP contribution in [-0.2, 0) is 11.2 Å². The predicted octanol–water partition coefficient (Wildman–Crippen LogP) is 2.26. The second-order valence-corrected chi connectivity index (χ2v) is 6.52. The summed E-state index contributed by atoms with van der Waals surface area (Å²) in [5.74, 6) is -0.354. The Balaban J connectivity index is 1.87. The minimum Gasteiger partial charge on any atom is -0.354 e. The average Bonchev–Trinajstić information content (AvgIpc) is 3.07. The third kappa shape index (κ3) is 5.17. The smallest absolute Gasteiger partial charge is 0.262 e.